The molecule has 0 spiro atoms. The van der Waals surface area contributed by atoms with Crippen molar-refractivity contribution in [1.29, 1.82) is 0 Å². The van der Waals surface area contributed by atoms with Gasteiger partial charge in [0.15, 0.2) is 0 Å². The molecule has 2 aromatic rings. The normalized spacial score (nSPS) is 10.3. The molecule has 0 saturated carbocycles. The van der Waals surface area contributed by atoms with Crippen molar-refractivity contribution in [2.45, 2.75) is 19.9 Å². The van der Waals surface area contributed by atoms with E-state index in [9.17, 15) is 4.79 Å². The number of nitrogens with zero attached hydrogens (tertiary/aromatic N) is 2. The van der Waals surface area contributed by atoms with Crippen molar-refractivity contribution in [3.8, 4) is 0 Å². The van der Waals surface area contributed by atoms with Crippen LogP contribution in [-0.4, -0.2) is 15.7 Å². The summed E-state index contributed by atoms with van der Waals surface area (Å²) in [5, 5.41) is 8.88. The number of carbonyl (C=O) groups excluding carboxylic acids is 1. The second-order valence-corrected chi connectivity index (χ2v) is 4.32. The Bertz CT molecular complexity index is 461. The lowest BCUT2D eigenvalue weighted by Crippen LogP contribution is -2.14. The number of nitrogens with one attached hydrogen (secondary N) is 1. The van der Waals surface area contributed by atoms with E-state index in [-0.39, 0.29) is 5.91 Å². The largest absolute Gasteiger partial charge is 0.306 e. The first-order chi connectivity index (χ1) is 7.81. The monoisotopic (exact) mass is 235 g/mol. The molecule has 0 fully saturated rings. The zero-order chi connectivity index (χ0) is 11.4. The van der Waals surface area contributed by atoms with E-state index in [1.165, 1.54) is 11.3 Å². The van der Waals surface area contributed by atoms with E-state index < -0.39 is 0 Å². The Hall–Kier alpha value is -1.62. The van der Waals surface area contributed by atoms with Crippen LogP contribution in [0, 0.1) is 0 Å². The van der Waals surface area contributed by atoms with Gasteiger partial charge in [-0.2, -0.15) is 5.10 Å². The second kappa shape index (κ2) is 4.94. The average Bonchev–Trinajstić information content (AvgIpc) is 2.90. The Morgan fingerprint density at radius 2 is 2.44 bits per heavy atom. The molecule has 0 atom stereocenters. The molecule has 0 bridgehead atoms. The topological polar surface area (TPSA) is 46.9 Å². The molecular formula is C11H13N3OS. The Morgan fingerprint density at radius 3 is 3.12 bits per heavy atom. The molecule has 2 heterocycles. The lowest BCUT2D eigenvalue weighted by molar-refractivity contribution is 0.102. The molecule has 84 valence electrons. The molecule has 0 radical (unpaired) electrons. The molecular weight excluding hydrogens is 222 g/mol. The van der Waals surface area contributed by atoms with Gasteiger partial charge in [0.1, 0.15) is 5.82 Å². The van der Waals surface area contributed by atoms with E-state index in [0.717, 1.165) is 18.8 Å². The molecule has 0 aliphatic carbocycles. The summed E-state index contributed by atoms with van der Waals surface area (Å²) in [6.45, 7) is 2.89. The lowest BCUT2D eigenvalue weighted by atomic mass is 10.4. The maximum Gasteiger partial charge on any atom is 0.266 e. The summed E-state index contributed by atoms with van der Waals surface area (Å²) in [4.78, 5) is 12.5. The lowest BCUT2D eigenvalue weighted by Gasteiger charge is -2.06. The summed E-state index contributed by atoms with van der Waals surface area (Å²) in [5.74, 6) is 0.674. The summed E-state index contributed by atoms with van der Waals surface area (Å²) in [6, 6.07) is 5.48. The van der Waals surface area contributed by atoms with Gasteiger partial charge in [0.05, 0.1) is 11.1 Å². The molecule has 2 rings (SSSR count). The van der Waals surface area contributed by atoms with Crippen LogP contribution in [0.25, 0.3) is 0 Å². The quantitative estimate of drug-likeness (QED) is 0.885. The summed E-state index contributed by atoms with van der Waals surface area (Å²) >= 11 is 1.43. The molecule has 5 heteroatoms. The minimum Gasteiger partial charge on any atom is -0.306 e. The van der Waals surface area contributed by atoms with Gasteiger partial charge in [0.25, 0.3) is 5.91 Å². The van der Waals surface area contributed by atoms with Crippen molar-refractivity contribution in [3.05, 3.63) is 34.7 Å². The number of aryl methyl sites for hydroxylation is 1. The third kappa shape index (κ3) is 2.30. The Morgan fingerprint density at radius 1 is 1.56 bits per heavy atom. The molecule has 0 saturated heterocycles. The highest BCUT2D eigenvalue weighted by molar-refractivity contribution is 7.12. The van der Waals surface area contributed by atoms with Crippen LogP contribution >= 0.6 is 11.3 Å². The maximum atomic E-state index is 11.8. The fraction of sp³-hybridized carbons (Fsp3) is 0.273. The van der Waals surface area contributed by atoms with Gasteiger partial charge >= 0.3 is 0 Å². The zero-order valence-corrected chi connectivity index (χ0v) is 9.83. The Kier molecular flexibility index (Phi) is 3.36. The van der Waals surface area contributed by atoms with Crippen LogP contribution in [0.15, 0.2) is 29.8 Å². The molecule has 2 aromatic heterocycles. The first kappa shape index (κ1) is 10.9. The van der Waals surface area contributed by atoms with Gasteiger partial charge in [0, 0.05) is 12.6 Å². The van der Waals surface area contributed by atoms with E-state index in [4.69, 9.17) is 0 Å². The van der Waals surface area contributed by atoms with E-state index >= 15 is 0 Å². The highest BCUT2D eigenvalue weighted by Crippen LogP contribution is 2.13. The van der Waals surface area contributed by atoms with E-state index in [2.05, 4.69) is 17.3 Å². The van der Waals surface area contributed by atoms with Gasteiger partial charge in [-0.25, -0.2) is 4.68 Å². The number of rotatable bonds is 4. The number of thiophene rings is 1. The standard InChI is InChI=1S/C11H13N3OS/c1-2-7-14-10(5-6-12-14)13-11(15)9-4-3-8-16-9/h3-6,8H,2,7H2,1H3,(H,13,15). The van der Waals surface area contributed by atoms with Crippen molar-refractivity contribution in [2.75, 3.05) is 5.32 Å². The van der Waals surface area contributed by atoms with Crippen LogP contribution in [0.3, 0.4) is 0 Å². The predicted octanol–water partition coefficient (Wildman–Crippen LogP) is 2.61. The van der Waals surface area contributed by atoms with Gasteiger partial charge in [-0.05, 0) is 17.9 Å². The third-order valence-electron chi connectivity index (χ3n) is 2.14. The van der Waals surface area contributed by atoms with Crippen LogP contribution in [0.2, 0.25) is 0 Å². The van der Waals surface area contributed by atoms with Crippen molar-refractivity contribution in [3.63, 3.8) is 0 Å². The number of carbonyl (C=O) groups is 1. The maximum absolute atomic E-state index is 11.8. The first-order valence-corrected chi connectivity index (χ1v) is 6.06. The Labute approximate surface area is 97.9 Å². The average molecular weight is 235 g/mol. The van der Waals surface area contributed by atoms with Crippen LogP contribution in [0.1, 0.15) is 23.0 Å². The number of aromatic nitrogens is 2. The highest BCUT2D eigenvalue weighted by Gasteiger charge is 2.09. The summed E-state index contributed by atoms with van der Waals surface area (Å²) < 4.78 is 1.80. The molecule has 1 N–H and O–H groups in total. The summed E-state index contributed by atoms with van der Waals surface area (Å²) in [7, 11) is 0. The van der Waals surface area contributed by atoms with E-state index in [0.29, 0.717) is 4.88 Å². The van der Waals surface area contributed by atoms with Gasteiger partial charge in [-0.1, -0.05) is 13.0 Å². The van der Waals surface area contributed by atoms with Crippen molar-refractivity contribution >= 4 is 23.1 Å². The minimum absolute atomic E-state index is 0.0761. The summed E-state index contributed by atoms with van der Waals surface area (Å²) in [5.41, 5.74) is 0. The van der Waals surface area contributed by atoms with Gasteiger partial charge < -0.3 is 5.32 Å². The van der Waals surface area contributed by atoms with Crippen molar-refractivity contribution in [1.82, 2.24) is 9.78 Å². The van der Waals surface area contributed by atoms with Gasteiger partial charge in [-0.3, -0.25) is 4.79 Å². The summed E-state index contributed by atoms with van der Waals surface area (Å²) in [6.07, 6.45) is 2.68. The molecule has 0 aromatic carbocycles. The van der Waals surface area contributed by atoms with Crippen molar-refractivity contribution < 1.29 is 4.79 Å². The number of hydrogen-bond donors (Lipinski definition) is 1. The minimum atomic E-state index is -0.0761. The van der Waals surface area contributed by atoms with E-state index in [1.807, 2.05) is 11.4 Å². The third-order valence-corrected chi connectivity index (χ3v) is 3.01. The molecule has 1 amide bonds. The number of anilines is 1. The molecule has 16 heavy (non-hydrogen) atoms. The number of amides is 1. The fourth-order valence-electron chi connectivity index (χ4n) is 1.41. The van der Waals surface area contributed by atoms with Crippen LogP contribution in [0.4, 0.5) is 5.82 Å². The molecule has 0 aliphatic heterocycles. The van der Waals surface area contributed by atoms with Crippen LogP contribution in [-0.2, 0) is 6.54 Å². The smallest absolute Gasteiger partial charge is 0.266 e. The van der Waals surface area contributed by atoms with Gasteiger partial charge in [-0.15, -0.1) is 11.3 Å². The predicted molar refractivity (Wildman–Crippen MR) is 64.8 cm³/mol. The van der Waals surface area contributed by atoms with Gasteiger partial charge in [0.2, 0.25) is 0 Å². The SMILES string of the molecule is CCCn1nccc1NC(=O)c1cccs1. The fourth-order valence-corrected chi connectivity index (χ4v) is 2.03. The van der Waals surface area contributed by atoms with Crippen molar-refractivity contribution in [2.24, 2.45) is 0 Å². The van der Waals surface area contributed by atoms with Crippen LogP contribution < -0.4 is 5.32 Å². The van der Waals surface area contributed by atoms with E-state index in [1.54, 1.807) is 23.0 Å². The Balaban J connectivity index is 2.09. The molecule has 0 aliphatic rings. The molecule has 4 nitrogen and oxygen atoms in total. The van der Waals surface area contributed by atoms with Crippen LogP contribution in [0.5, 0.6) is 0 Å². The second-order valence-electron chi connectivity index (χ2n) is 3.37. The number of hydrogen-bond acceptors (Lipinski definition) is 3. The zero-order valence-electron chi connectivity index (χ0n) is 9.01. The first-order valence-electron chi connectivity index (χ1n) is 5.18. The highest BCUT2D eigenvalue weighted by atomic mass is 32.1. The molecule has 0 unspecified atom stereocenters.